The Kier molecular flexibility index (Phi) is 7.18. The summed E-state index contributed by atoms with van der Waals surface area (Å²) in [5.74, 6) is -2.81. The van der Waals surface area contributed by atoms with Crippen LogP contribution in [0, 0.1) is 22.9 Å². The summed E-state index contributed by atoms with van der Waals surface area (Å²) in [7, 11) is 1.65. The Labute approximate surface area is 124 Å². The van der Waals surface area contributed by atoms with Crippen molar-refractivity contribution in [1.82, 2.24) is 5.32 Å². The van der Waals surface area contributed by atoms with E-state index in [4.69, 9.17) is 4.74 Å². The second-order valence-electron chi connectivity index (χ2n) is 6.01. The van der Waals surface area contributed by atoms with Gasteiger partial charge in [0, 0.05) is 19.7 Å². The number of aryl methyl sites for hydroxylation is 1. The quantitative estimate of drug-likeness (QED) is 0.555. The van der Waals surface area contributed by atoms with Crippen molar-refractivity contribution in [2.75, 3.05) is 26.8 Å². The van der Waals surface area contributed by atoms with Crippen LogP contribution >= 0.6 is 0 Å². The predicted molar refractivity (Wildman–Crippen MR) is 77.8 cm³/mol. The average molecular weight is 303 g/mol. The maximum atomic E-state index is 13.6. The van der Waals surface area contributed by atoms with Crippen LogP contribution in [-0.4, -0.2) is 26.8 Å². The van der Waals surface area contributed by atoms with E-state index in [-0.39, 0.29) is 11.0 Å². The van der Waals surface area contributed by atoms with Crippen LogP contribution in [0.3, 0.4) is 0 Å². The molecule has 0 fully saturated rings. The molecule has 0 bridgehead atoms. The van der Waals surface area contributed by atoms with E-state index in [2.05, 4.69) is 19.2 Å². The van der Waals surface area contributed by atoms with Gasteiger partial charge in [0.2, 0.25) is 0 Å². The molecule has 0 radical (unpaired) electrons. The molecule has 0 aliphatic rings. The van der Waals surface area contributed by atoms with Crippen LogP contribution in [0.2, 0.25) is 0 Å². The van der Waals surface area contributed by atoms with Crippen LogP contribution in [0.15, 0.2) is 12.1 Å². The van der Waals surface area contributed by atoms with Crippen LogP contribution in [0.5, 0.6) is 0 Å². The van der Waals surface area contributed by atoms with Crippen LogP contribution in [0.25, 0.3) is 0 Å². The summed E-state index contributed by atoms with van der Waals surface area (Å²) >= 11 is 0. The Morgan fingerprint density at radius 1 is 1.00 bits per heavy atom. The molecule has 0 aliphatic heterocycles. The first-order valence-corrected chi connectivity index (χ1v) is 7.19. The van der Waals surface area contributed by atoms with Gasteiger partial charge in [0.05, 0.1) is 6.61 Å². The topological polar surface area (TPSA) is 21.3 Å². The second kappa shape index (κ2) is 8.39. The second-order valence-corrected chi connectivity index (χ2v) is 6.01. The standard InChI is InChI=1S/C16H24F3NO/c1-16(2,6-7-20-8-9-21-3)5-4-12-10-14(18)15(19)11-13(12)17/h10-11,20H,4-9H2,1-3H3. The van der Waals surface area contributed by atoms with Crippen LogP contribution in [0.1, 0.15) is 32.3 Å². The van der Waals surface area contributed by atoms with E-state index in [1.54, 1.807) is 7.11 Å². The number of benzene rings is 1. The van der Waals surface area contributed by atoms with Crippen LogP contribution < -0.4 is 5.32 Å². The summed E-state index contributed by atoms with van der Waals surface area (Å²) in [5.41, 5.74) is 0.228. The molecule has 0 aromatic heterocycles. The predicted octanol–water partition coefficient (Wildman–Crippen LogP) is 3.69. The van der Waals surface area contributed by atoms with E-state index in [1.165, 1.54) is 0 Å². The van der Waals surface area contributed by atoms with Gasteiger partial charge in [-0.15, -0.1) is 0 Å². The number of halogens is 3. The largest absolute Gasteiger partial charge is 0.383 e. The normalized spacial score (nSPS) is 11.9. The molecule has 1 aromatic carbocycles. The summed E-state index contributed by atoms with van der Waals surface area (Å²) in [5, 5.41) is 3.26. The molecule has 0 heterocycles. The lowest BCUT2D eigenvalue weighted by Crippen LogP contribution is -2.25. The average Bonchev–Trinajstić information content (AvgIpc) is 2.41. The fourth-order valence-electron chi connectivity index (χ4n) is 2.08. The minimum atomic E-state index is -1.14. The molecule has 1 rings (SSSR count). The van der Waals surface area contributed by atoms with Crippen molar-refractivity contribution in [3.8, 4) is 0 Å². The van der Waals surface area contributed by atoms with Gasteiger partial charge in [-0.3, -0.25) is 0 Å². The van der Waals surface area contributed by atoms with E-state index in [9.17, 15) is 13.2 Å². The molecule has 21 heavy (non-hydrogen) atoms. The molecular weight excluding hydrogens is 279 g/mol. The number of nitrogens with one attached hydrogen (secondary N) is 1. The summed E-state index contributed by atoms with van der Waals surface area (Å²) in [6.07, 6.45) is 2.02. The van der Waals surface area contributed by atoms with E-state index < -0.39 is 17.5 Å². The van der Waals surface area contributed by atoms with Gasteiger partial charge in [-0.25, -0.2) is 13.2 Å². The number of ether oxygens (including phenoxy) is 1. The first-order chi connectivity index (χ1) is 9.85. The minimum Gasteiger partial charge on any atom is -0.383 e. The van der Waals surface area contributed by atoms with E-state index >= 15 is 0 Å². The fraction of sp³-hybridized carbons (Fsp3) is 0.625. The lowest BCUT2D eigenvalue weighted by Gasteiger charge is -2.25. The summed E-state index contributed by atoms with van der Waals surface area (Å²) in [6.45, 7) is 6.48. The lowest BCUT2D eigenvalue weighted by molar-refractivity contribution is 0.196. The lowest BCUT2D eigenvalue weighted by atomic mass is 9.83. The monoisotopic (exact) mass is 303 g/mol. The first-order valence-electron chi connectivity index (χ1n) is 7.19. The van der Waals surface area contributed by atoms with Crippen molar-refractivity contribution >= 4 is 0 Å². The summed E-state index contributed by atoms with van der Waals surface area (Å²) in [6, 6.07) is 1.57. The van der Waals surface area contributed by atoms with E-state index in [1.807, 2.05) is 0 Å². The molecule has 2 nitrogen and oxygen atoms in total. The molecule has 0 unspecified atom stereocenters. The molecule has 0 saturated carbocycles. The molecule has 5 heteroatoms. The fourth-order valence-corrected chi connectivity index (χ4v) is 2.08. The highest BCUT2D eigenvalue weighted by Crippen LogP contribution is 2.27. The van der Waals surface area contributed by atoms with Gasteiger partial charge < -0.3 is 10.1 Å². The highest BCUT2D eigenvalue weighted by Gasteiger charge is 2.19. The Bertz CT molecular complexity index is 449. The van der Waals surface area contributed by atoms with Gasteiger partial charge in [0.15, 0.2) is 11.6 Å². The first kappa shape index (κ1) is 18.0. The van der Waals surface area contributed by atoms with Gasteiger partial charge in [0.1, 0.15) is 5.82 Å². The number of methoxy groups -OCH3 is 1. The highest BCUT2D eigenvalue weighted by atomic mass is 19.2. The number of hydrogen-bond acceptors (Lipinski definition) is 2. The van der Waals surface area contributed by atoms with Crippen molar-refractivity contribution in [3.05, 3.63) is 35.1 Å². The zero-order chi connectivity index (χ0) is 15.9. The highest BCUT2D eigenvalue weighted by molar-refractivity contribution is 5.20. The SMILES string of the molecule is COCCNCCC(C)(C)CCc1cc(F)c(F)cc1F. The van der Waals surface area contributed by atoms with Crippen molar-refractivity contribution < 1.29 is 17.9 Å². The summed E-state index contributed by atoms with van der Waals surface area (Å²) < 4.78 is 44.5. The van der Waals surface area contributed by atoms with Crippen LogP contribution in [0.4, 0.5) is 13.2 Å². The Morgan fingerprint density at radius 2 is 1.67 bits per heavy atom. The zero-order valence-electron chi connectivity index (χ0n) is 12.9. The molecule has 0 aliphatic carbocycles. The van der Waals surface area contributed by atoms with Crippen molar-refractivity contribution in [2.24, 2.45) is 5.41 Å². The third-order valence-electron chi connectivity index (χ3n) is 3.62. The number of rotatable bonds is 9. The molecule has 1 aromatic rings. The van der Waals surface area contributed by atoms with Gasteiger partial charge in [-0.05, 0) is 42.9 Å². The van der Waals surface area contributed by atoms with Gasteiger partial charge in [-0.1, -0.05) is 13.8 Å². The molecule has 0 atom stereocenters. The third-order valence-corrected chi connectivity index (χ3v) is 3.62. The van der Waals surface area contributed by atoms with E-state index in [0.29, 0.717) is 25.5 Å². The zero-order valence-corrected chi connectivity index (χ0v) is 12.9. The van der Waals surface area contributed by atoms with E-state index in [0.717, 1.165) is 25.6 Å². The van der Waals surface area contributed by atoms with Gasteiger partial charge >= 0.3 is 0 Å². The van der Waals surface area contributed by atoms with Gasteiger partial charge in [0.25, 0.3) is 0 Å². The summed E-state index contributed by atoms with van der Waals surface area (Å²) in [4.78, 5) is 0. The Morgan fingerprint density at radius 3 is 2.33 bits per heavy atom. The van der Waals surface area contributed by atoms with Crippen molar-refractivity contribution in [1.29, 1.82) is 0 Å². The van der Waals surface area contributed by atoms with Crippen LogP contribution in [-0.2, 0) is 11.2 Å². The Balaban J connectivity index is 2.44. The molecule has 0 saturated heterocycles. The third kappa shape index (κ3) is 6.48. The van der Waals surface area contributed by atoms with Crippen molar-refractivity contribution in [3.63, 3.8) is 0 Å². The minimum absolute atomic E-state index is 0.00261. The molecule has 120 valence electrons. The molecule has 1 N–H and O–H groups in total. The maximum absolute atomic E-state index is 13.6. The maximum Gasteiger partial charge on any atom is 0.161 e. The number of hydrogen-bond donors (Lipinski definition) is 1. The van der Waals surface area contributed by atoms with Gasteiger partial charge in [-0.2, -0.15) is 0 Å². The van der Waals surface area contributed by atoms with Crippen molar-refractivity contribution in [2.45, 2.75) is 33.1 Å². The Hall–Kier alpha value is -1.07. The smallest absolute Gasteiger partial charge is 0.161 e. The molecule has 0 amide bonds. The molecular formula is C16H24F3NO. The molecule has 0 spiro atoms.